The SMILES string of the molecule is CC(=O)N(c1cc(NC(=O)Cc2ccc(F)cc2Cl)ccn1)c1ccccc1C(F)F. The standard InChI is InChI=1S/C22H17ClF3N3O2/c1-13(30)29(19-5-3-2-4-17(19)22(25)26)20-12-16(8-9-27-20)28-21(31)10-14-6-7-15(24)11-18(14)23/h2-9,11-12,22H,10H2,1H3,(H,27,28,31). The largest absolute Gasteiger partial charge is 0.326 e. The van der Waals surface area contributed by atoms with E-state index >= 15 is 0 Å². The zero-order valence-electron chi connectivity index (χ0n) is 16.3. The summed E-state index contributed by atoms with van der Waals surface area (Å²) in [6.45, 7) is 1.23. The molecule has 0 fully saturated rings. The van der Waals surface area contributed by atoms with Gasteiger partial charge in [-0.15, -0.1) is 0 Å². The maximum absolute atomic E-state index is 13.4. The number of amides is 2. The average Bonchev–Trinajstić information content (AvgIpc) is 2.70. The van der Waals surface area contributed by atoms with Gasteiger partial charge in [-0.3, -0.25) is 14.5 Å². The third kappa shape index (κ3) is 5.40. The van der Waals surface area contributed by atoms with Crippen molar-refractivity contribution in [3.8, 4) is 0 Å². The fraction of sp³-hybridized carbons (Fsp3) is 0.136. The molecule has 0 aliphatic heterocycles. The van der Waals surface area contributed by atoms with Crippen LogP contribution in [0.3, 0.4) is 0 Å². The maximum atomic E-state index is 13.4. The molecule has 9 heteroatoms. The van der Waals surface area contributed by atoms with E-state index in [2.05, 4.69) is 10.3 Å². The normalized spacial score (nSPS) is 10.8. The highest BCUT2D eigenvalue weighted by Crippen LogP contribution is 2.34. The highest BCUT2D eigenvalue weighted by Gasteiger charge is 2.23. The first-order chi connectivity index (χ1) is 14.8. The van der Waals surface area contributed by atoms with Crippen molar-refractivity contribution in [2.45, 2.75) is 19.8 Å². The molecule has 3 aromatic rings. The number of hydrogen-bond acceptors (Lipinski definition) is 3. The average molecular weight is 448 g/mol. The number of para-hydroxylation sites is 1. The van der Waals surface area contributed by atoms with Crippen LogP contribution in [0.1, 0.15) is 24.5 Å². The second kappa shape index (κ2) is 9.61. The molecule has 1 N–H and O–H groups in total. The third-order valence-electron chi connectivity index (χ3n) is 4.35. The summed E-state index contributed by atoms with van der Waals surface area (Å²) < 4.78 is 40.0. The number of benzene rings is 2. The van der Waals surface area contributed by atoms with Crippen LogP contribution in [0.4, 0.5) is 30.4 Å². The Kier molecular flexibility index (Phi) is 6.91. The van der Waals surface area contributed by atoms with Gasteiger partial charge in [0.05, 0.1) is 12.1 Å². The first kappa shape index (κ1) is 22.3. The van der Waals surface area contributed by atoms with Crippen molar-refractivity contribution in [1.82, 2.24) is 4.98 Å². The van der Waals surface area contributed by atoms with Crippen molar-refractivity contribution in [2.75, 3.05) is 10.2 Å². The van der Waals surface area contributed by atoms with E-state index in [1.807, 2.05) is 0 Å². The van der Waals surface area contributed by atoms with Crippen LogP contribution in [0.5, 0.6) is 0 Å². The van der Waals surface area contributed by atoms with E-state index < -0.39 is 24.1 Å². The van der Waals surface area contributed by atoms with Gasteiger partial charge in [0.2, 0.25) is 11.8 Å². The molecule has 0 aliphatic rings. The number of hydrogen-bond donors (Lipinski definition) is 1. The number of carbonyl (C=O) groups excluding carboxylic acids is 2. The van der Waals surface area contributed by atoms with Gasteiger partial charge in [0.15, 0.2) is 0 Å². The van der Waals surface area contributed by atoms with Gasteiger partial charge in [-0.2, -0.15) is 0 Å². The van der Waals surface area contributed by atoms with Crippen molar-refractivity contribution >= 4 is 40.6 Å². The Morgan fingerprint density at radius 3 is 2.55 bits per heavy atom. The topological polar surface area (TPSA) is 62.3 Å². The fourth-order valence-corrected chi connectivity index (χ4v) is 3.23. The molecule has 1 heterocycles. The molecule has 2 aromatic carbocycles. The zero-order chi connectivity index (χ0) is 22.5. The molecule has 0 bridgehead atoms. The van der Waals surface area contributed by atoms with E-state index in [1.165, 1.54) is 61.7 Å². The van der Waals surface area contributed by atoms with Gasteiger partial charge in [0, 0.05) is 35.5 Å². The van der Waals surface area contributed by atoms with Crippen LogP contribution < -0.4 is 10.2 Å². The van der Waals surface area contributed by atoms with E-state index in [-0.39, 0.29) is 28.5 Å². The quantitative estimate of drug-likeness (QED) is 0.529. The van der Waals surface area contributed by atoms with Crippen molar-refractivity contribution in [1.29, 1.82) is 0 Å². The van der Waals surface area contributed by atoms with Gasteiger partial charge < -0.3 is 5.32 Å². The number of anilines is 3. The van der Waals surface area contributed by atoms with Gasteiger partial charge in [-0.1, -0.05) is 35.9 Å². The Balaban J connectivity index is 1.86. The maximum Gasteiger partial charge on any atom is 0.265 e. The van der Waals surface area contributed by atoms with E-state index in [4.69, 9.17) is 11.6 Å². The lowest BCUT2D eigenvalue weighted by molar-refractivity contribution is -0.116. The number of pyridine rings is 1. The summed E-state index contributed by atoms with van der Waals surface area (Å²) in [7, 11) is 0. The van der Waals surface area contributed by atoms with Gasteiger partial charge >= 0.3 is 0 Å². The Morgan fingerprint density at radius 2 is 1.87 bits per heavy atom. The molecule has 5 nitrogen and oxygen atoms in total. The molecule has 1 aromatic heterocycles. The summed E-state index contributed by atoms with van der Waals surface area (Å²) in [5, 5.41) is 2.76. The number of halogens is 4. The highest BCUT2D eigenvalue weighted by molar-refractivity contribution is 6.31. The van der Waals surface area contributed by atoms with Crippen LogP contribution in [0, 0.1) is 5.82 Å². The summed E-state index contributed by atoms with van der Waals surface area (Å²) in [5.41, 5.74) is 0.416. The Labute approximate surface area is 181 Å². The van der Waals surface area contributed by atoms with Crippen LogP contribution in [0.25, 0.3) is 0 Å². The molecule has 31 heavy (non-hydrogen) atoms. The van der Waals surface area contributed by atoms with Gasteiger partial charge in [-0.05, 0) is 29.8 Å². The molecular formula is C22H17ClF3N3O2. The molecule has 0 saturated heterocycles. The second-order valence-corrected chi connectivity index (χ2v) is 6.98. The van der Waals surface area contributed by atoms with Crippen molar-refractivity contribution in [2.24, 2.45) is 0 Å². The van der Waals surface area contributed by atoms with Gasteiger partial charge in [0.1, 0.15) is 11.6 Å². The molecule has 0 aliphatic carbocycles. The molecule has 3 rings (SSSR count). The third-order valence-corrected chi connectivity index (χ3v) is 4.70. The number of nitrogens with zero attached hydrogens (tertiary/aromatic N) is 2. The summed E-state index contributed by atoms with van der Waals surface area (Å²) in [6.07, 6.45) is -1.56. The first-order valence-corrected chi connectivity index (χ1v) is 9.51. The monoisotopic (exact) mass is 447 g/mol. The smallest absolute Gasteiger partial charge is 0.265 e. The van der Waals surface area contributed by atoms with E-state index in [1.54, 1.807) is 0 Å². The summed E-state index contributed by atoms with van der Waals surface area (Å²) >= 11 is 5.95. The van der Waals surface area contributed by atoms with Crippen LogP contribution in [0.2, 0.25) is 5.02 Å². The van der Waals surface area contributed by atoms with Crippen molar-refractivity contribution < 1.29 is 22.8 Å². The molecule has 0 unspecified atom stereocenters. The number of nitrogens with one attached hydrogen (secondary N) is 1. The van der Waals surface area contributed by atoms with Crippen LogP contribution >= 0.6 is 11.6 Å². The number of rotatable bonds is 6. The molecule has 0 radical (unpaired) electrons. The molecular weight excluding hydrogens is 431 g/mol. The van der Waals surface area contributed by atoms with E-state index in [9.17, 15) is 22.8 Å². The fourth-order valence-electron chi connectivity index (χ4n) is 2.99. The van der Waals surface area contributed by atoms with Crippen LogP contribution in [0.15, 0.2) is 60.8 Å². The van der Waals surface area contributed by atoms with Gasteiger partial charge in [-0.25, -0.2) is 18.2 Å². The van der Waals surface area contributed by atoms with Crippen molar-refractivity contribution in [3.63, 3.8) is 0 Å². The van der Waals surface area contributed by atoms with Crippen molar-refractivity contribution in [3.05, 3.63) is 82.8 Å². The minimum absolute atomic E-state index is 0.000861. The Morgan fingerprint density at radius 1 is 1.13 bits per heavy atom. The molecule has 0 spiro atoms. The number of alkyl halides is 2. The highest BCUT2D eigenvalue weighted by atomic mass is 35.5. The van der Waals surface area contributed by atoms with Crippen LogP contribution in [-0.2, 0) is 16.0 Å². The van der Waals surface area contributed by atoms with Crippen LogP contribution in [-0.4, -0.2) is 16.8 Å². The first-order valence-electron chi connectivity index (χ1n) is 9.14. The number of carbonyl (C=O) groups is 2. The lowest BCUT2D eigenvalue weighted by Gasteiger charge is -2.23. The lowest BCUT2D eigenvalue weighted by atomic mass is 10.1. The lowest BCUT2D eigenvalue weighted by Crippen LogP contribution is -2.25. The summed E-state index contributed by atoms with van der Waals surface area (Å²) in [5.74, 6) is -1.41. The predicted octanol–water partition coefficient (Wildman–Crippen LogP) is 5.68. The molecule has 0 saturated carbocycles. The minimum atomic E-state index is -2.79. The molecule has 160 valence electrons. The Hall–Kier alpha value is -3.39. The summed E-state index contributed by atoms with van der Waals surface area (Å²) in [6, 6.07) is 12.2. The number of aromatic nitrogens is 1. The van der Waals surface area contributed by atoms with Gasteiger partial charge in [0.25, 0.3) is 6.43 Å². The molecule has 2 amide bonds. The Bertz CT molecular complexity index is 1120. The summed E-state index contributed by atoms with van der Waals surface area (Å²) in [4.78, 5) is 29.8. The zero-order valence-corrected chi connectivity index (χ0v) is 17.0. The molecule has 0 atom stereocenters. The second-order valence-electron chi connectivity index (χ2n) is 6.58. The minimum Gasteiger partial charge on any atom is -0.326 e. The van der Waals surface area contributed by atoms with E-state index in [0.717, 1.165) is 11.0 Å². The predicted molar refractivity (Wildman–Crippen MR) is 112 cm³/mol. The van der Waals surface area contributed by atoms with E-state index in [0.29, 0.717) is 11.3 Å².